The van der Waals surface area contributed by atoms with Crippen molar-refractivity contribution < 1.29 is 0 Å². The average Bonchev–Trinajstić information content (AvgIpc) is 2.78. The van der Waals surface area contributed by atoms with E-state index in [2.05, 4.69) is 55.2 Å². The van der Waals surface area contributed by atoms with Crippen LogP contribution in [0.2, 0.25) is 0 Å². The van der Waals surface area contributed by atoms with Crippen LogP contribution in [0.4, 0.5) is 5.69 Å². The molecule has 0 atom stereocenters. The highest BCUT2D eigenvalue weighted by Crippen LogP contribution is 2.29. The van der Waals surface area contributed by atoms with Gasteiger partial charge in [0.15, 0.2) is 0 Å². The van der Waals surface area contributed by atoms with E-state index >= 15 is 0 Å². The minimum absolute atomic E-state index is 1.08. The van der Waals surface area contributed by atoms with E-state index in [1.54, 1.807) is 11.3 Å². The highest BCUT2D eigenvalue weighted by molar-refractivity contribution is 7.15. The number of hydrogen-bond donors (Lipinski definition) is 0. The second kappa shape index (κ2) is 5.32. The first kappa shape index (κ1) is 12.1. The second-order valence-electron chi connectivity index (χ2n) is 4.31. The molecule has 2 rings (SSSR count). The molecule has 3 heteroatoms. The molecular weight excluding hydrogens is 228 g/mol. The SMILES string of the molecule is CCCc1ncc(-c2cccc(N(C)C)c2)s1. The van der Waals surface area contributed by atoms with Gasteiger partial charge in [0, 0.05) is 26.0 Å². The molecule has 0 saturated carbocycles. The highest BCUT2D eigenvalue weighted by Gasteiger charge is 2.05. The van der Waals surface area contributed by atoms with Crippen molar-refractivity contribution in [3.05, 3.63) is 35.5 Å². The first-order chi connectivity index (χ1) is 8.20. The van der Waals surface area contributed by atoms with E-state index in [1.807, 2.05) is 6.20 Å². The minimum Gasteiger partial charge on any atom is -0.378 e. The summed E-state index contributed by atoms with van der Waals surface area (Å²) < 4.78 is 0. The second-order valence-corrected chi connectivity index (χ2v) is 5.43. The Labute approximate surface area is 107 Å². The van der Waals surface area contributed by atoms with Crippen molar-refractivity contribution in [2.45, 2.75) is 19.8 Å². The minimum atomic E-state index is 1.08. The molecule has 0 aliphatic carbocycles. The van der Waals surface area contributed by atoms with Crippen LogP contribution in [0.3, 0.4) is 0 Å². The summed E-state index contributed by atoms with van der Waals surface area (Å²) in [6, 6.07) is 8.58. The molecule has 0 unspecified atom stereocenters. The zero-order valence-corrected chi connectivity index (χ0v) is 11.4. The van der Waals surface area contributed by atoms with Gasteiger partial charge in [0.2, 0.25) is 0 Å². The third-order valence-corrected chi connectivity index (χ3v) is 3.77. The Bertz CT molecular complexity index is 488. The molecule has 0 saturated heterocycles. The van der Waals surface area contributed by atoms with Crippen LogP contribution < -0.4 is 4.90 Å². The number of benzene rings is 1. The third-order valence-electron chi connectivity index (χ3n) is 2.66. The molecular formula is C14H18N2S. The number of aromatic nitrogens is 1. The quantitative estimate of drug-likeness (QED) is 0.815. The standard InChI is InChI=1S/C14H18N2S/c1-4-6-14-15-10-13(17-14)11-7-5-8-12(9-11)16(2)3/h5,7-10H,4,6H2,1-3H3. The summed E-state index contributed by atoms with van der Waals surface area (Å²) >= 11 is 1.80. The summed E-state index contributed by atoms with van der Waals surface area (Å²) in [5, 5.41) is 1.23. The maximum absolute atomic E-state index is 4.46. The molecule has 0 bridgehead atoms. The lowest BCUT2D eigenvalue weighted by Gasteiger charge is -2.12. The summed E-state index contributed by atoms with van der Waals surface area (Å²) in [5.41, 5.74) is 2.49. The molecule has 1 heterocycles. The summed E-state index contributed by atoms with van der Waals surface area (Å²) in [6.07, 6.45) is 4.23. The van der Waals surface area contributed by atoms with Gasteiger partial charge in [-0.2, -0.15) is 0 Å². The molecule has 0 spiro atoms. The van der Waals surface area contributed by atoms with Crippen molar-refractivity contribution in [3.63, 3.8) is 0 Å². The lowest BCUT2D eigenvalue weighted by Crippen LogP contribution is -2.08. The number of aryl methyl sites for hydroxylation is 1. The van der Waals surface area contributed by atoms with Crippen LogP contribution in [-0.2, 0) is 6.42 Å². The first-order valence-electron chi connectivity index (χ1n) is 5.93. The van der Waals surface area contributed by atoms with Crippen LogP contribution in [0, 0.1) is 0 Å². The molecule has 17 heavy (non-hydrogen) atoms. The molecule has 90 valence electrons. The third kappa shape index (κ3) is 2.86. The van der Waals surface area contributed by atoms with Crippen molar-refractivity contribution in [1.29, 1.82) is 0 Å². The van der Waals surface area contributed by atoms with E-state index in [4.69, 9.17) is 0 Å². The van der Waals surface area contributed by atoms with Gasteiger partial charge in [-0.3, -0.25) is 0 Å². The van der Waals surface area contributed by atoms with E-state index in [9.17, 15) is 0 Å². The van der Waals surface area contributed by atoms with Gasteiger partial charge >= 0.3 is 0 Å². The maximum atomic E-state index is 4.46. The van der Waals surface area contributed by atoms with Gasteiger partial charge in [0.05, 0.1) is 9.88 Å². The number of rotatable bonds is 4. The Balaban J connectivity index is 2.28. The Hall–Kier alpha value is -1.35. The maximum Gasteiger partial charge on any atom is 0.0931 e. The zero-order chi connectivity index (χ0) is 12.3. The Kier molecular flexibility index (Phi) is 3.79. The molecule has 0 fully saturated rings. The van der Waals surface area contributed by atoms with Crippen LogP contribution >= 0.6 is 11.3 Å². The number of thiazole rings is 1. The Morgan fingerprint density at radius 3 is 2.82 bits per heavy atom. The molecule has 0 N–H and O–H groups in total. The van der Waals surface area contributed by atoms with Crippen molar-refractivity contribution in [3.8, 4) is 10.4 Å². The van der Waals surface area contributed by atoms with E-state index in [0.29, 0.717) is 0 Å². The fraction of sp³-hybridized carbons (Fsp3) is 0.357. The highest BCUT2D eigenvalue weighted by atomic mass is 32.1. The predicted molar refractivity (Wildman–Crippen MR) is 75.9 cm³/mol. The smallest absolute Gasteiger partial charge is 0.0931 e. The zero-order valence-electron chi connectivity index (χ0n) is 10.6. The van der Waals surface area contributed by atoms with E-state index in [0.717, 1.165) is 12.8 Å². The summed E-state index contributed by atoms with van der Waals surface area (Å²) in [4.78, 5) is 7.85. The number of anilines is 1. The van der Waals surface area contributed by atoms with Crippen molar-refractivity contribution >= 4 is 17.0 Å². The van der Waals surface area contributed by atoms with Gasteiger partial charge in [-0.1, -0.05) is 19.1 Å². The topological polar surface area (TPSA) is 16.1 Å². The molecule has 1 aromatic carbocycles. The van der Waals surface area contributed by atoms with Crippen molar-refractivity contribution in [2.75, 3.05) is 19.0 Å². The van der Waals surface area contributed by atoms with E-state index in [1.165, 1.54) is 21.1 Å². The predicted octanol–water partition coefficient (Wildman–Crippen LogP) is 3.83. The number of hydrogen-bond acceptors (Lipinski definition) is 3. The van der Waals surface area contributed by atoms with Crippen LogP contribution in [-0.4, -0.2) is 19.1 Å². The van der Waals surface area contributed by atoms with Gasteiger partial charge in [0.1, 0.15) is 0 Å². The monoisotopic (exact) mass is 246 g/mol. The Morgan fingerprint density at radius 1 is 1.29 bits per heavy atom. The number of nitrogens with zero attached hydrogens (tertiary/aromatic N) is 2. The van der Waals surface area contributed by atoms with Crippen LogP contribution in [0.25, 0.3) is 10.4 Å². The lowest BCUT2D eigenvalue weighted by molar-refractivity contribution is 0.909. The molecule has 2 nitrogen and oxygen atoms in total. The lowest BCUT2D eigenvalue weighted by atomic mass is 10.2. The molecule has 0 aliphatic rings. The van der Waals surface area contributed by atoms with Crippen LogP contribution in [0.15, 0.2) is 30.5 Å². The van der Waals surface area contributed by atoms with Gasteiger partial charge < -0.3 is 4.90 Å². The molecule has 2 aromatic rings. The molecule has 0 aliphatic heterocycles. The van der Waals surface area contributed by atoms with Gasteiger partial charge in [0.25, 0.3) is 0 Å². The molecule has 1 aromatic heterocycles. The first-order valence-corrected chi connectivity index (χ1v) is 6.75. The largest absolute Gasteiger partial charge is 0.378 e. The van der Waals surface area contributed by atoms with E-state index < -0.39 is 0 Å². The molecule has 0 radical (unpaired) electrons. The fourth-order valence-corrected chi connectivity index (χ4v) is 2.73. The van der Waals surface area contributed by atoms with Crippen molar-refractivity contribution in [2.24, 2.45) is 0 Å². The average molecular weight is 246 g/mol. The van der Waals surface area contributed by atoms with Crippen molar-refractivity contribution in [1.82, 2.24) is 4.98 Å². The van der Waals surface area contributed by atoms with Gasteiger partial charge in [-0.05, 0) is 30.5 Å². The van der Waals surface area contributed by atoms with Crippen LogP contribution in [0.5, 0.6) is 0 Å². The normalized spacial score (nSPS) is 10.5. The summed E-state index contributed by atoms with van der Waals surface area (Å²) in [6.45, 7) is 2.19. The summed E-state index contributed by atoms with van der Waals surface area (Å²) in [5.74, 6) is 0. The summed E-state index contributed by atoms with van der Waals surface area (Å²) in [7, 11) is 4.13. The van der Waals surface area contributed by atoms with E-state index in [-0.39, 0.29) is 0 Å². The van der Waals surface area contributed by atoms with Crippen LogP contribution in [0.1, 0.15) is 18.4 Å². The Morgan fingerprint density at radius 2 is 2.12 bits per heavy atom. The van der Waals surface area contributed by atoms with Gasteiger partial charge in [-0.15, -0.1) is 11.3 Å². The fourth-order valence-electron chi connectivity index (χ4n) is 1.71. The van der Waals surface area contributed by atoms with Gasteiger partial charge in [-0.25, -0.2) is 4.98 Å². The molecule has 0 amide bonds.